The zero-order valence-electron chi connectivity index (χ0n) is 12.1. The standard InChI is InChI=1S/C13H16N2O3.CNS.Cu/c1-3-18-13(17)12(10(2)16)9-14-8-11-6-4-5-7-15-11;2-1-3;/h4-7,9,16H,3,8H2,1-2H3;;/q;-1;+2/p-1/b12-10+,14-9?;;. The minimum atomic E-state index is -0.644. The fourth-order valence-corrected chi connectivity index (χ4v) is 1.22. The van der Waals surface area contributed by atoms with Gasteiger partial charge in [0.25, 0.3) is 0 Å². The Bertz CT molecular complexity index is 538. The number of aromatic nitrogens is 1. The number of ether oxygens (including phenoxy) is 1. The molecule has 0 N–H and O–H groups in total. The van der Waals surface area contributed by atoms with Gasteiger partial charge in [0, 0.05) is 12.4 Å². The maximum atomic E-state index is 11.4. The molecule has 1 heterocycles. The van der Waals surface area contributed by atoms with Crippen molar-refractivity contribution in [3.8, 4) is 0 Å². The fourth-order valence-electron chi connectivity index (χ4n) is 1.22. The molecule has 0 saturated heterocycles. The van der Waals surface area contributed by atoms with E-state index < -0.39 is 5.97 Å². The number of rotatable bonds is 5. The third-order valence-electron chi connectivity index (χ3n) is 2.07. The number of hydrogen-bond donors (Lipinski definition) is 0. The number of hydrogen-bond acceptors (Lipinski definition) is 6. The van der Waals surface area contributed by atoms with E-state index in [0.29, 0.717) is 6.54 Å². The van der Waals surface area contributed by atoms with Crippen molar-refractivity contribution >= 4 is 29.6 Å². The molecular weight excluding hydrogens is 354 g/mol. The second kappa shape index (κ2) is 14.1. The van der Waals surface area contributed by atoms with E-state index in [-0.39, 0.29) is 35.0 Å². The Hall–Kier alpha value is -1.85. The summed E-state index contributed by atoms with van der Waals surface area (Å²) in [6, 6.07) is 5.47. The molecule has 0 fully saturated rings. The van der Waals surface area contributed by atoms with Crippen molar-refractivity contribution in [2.75, 3.05) is 6.61 Å². The summed E-state index contributed by atoms with van der Waals surface area (Å²) in [4.78, 5) is 19.5. The van der Waals surface area contributed by atoms with Crippen LogP contribution in [0.1, 0.15) is 19.5 Å². The molecule has 1 radical (unpaired) electrons. The maximum Gasteiger partial charge on any atom is 2.00 e. The van der Waals surface area contributed by atoms with Crippen LogP contribution in [0.3, 0.4) is 0 Å². The quantitative estimate of drug-likeness (QED) is 0.196. The first kappa shape index (κ1) is 22.4. The van der Waals surface area contributed by atoms with Crippen molar-refractivity contribution in [1.82, 2.24) is 4.98 Å². The number of carbonyl (C=O) groups is 1. The number of allylic oxidation sites excluding steroid dienone is 1. The number of pyridine rings is 1. The Kier molecular flexibility index (Phi) is 14.4. The molecule has 0 aromatic carbocycles. The van der Waals surface area contributed by atoms with Crippen LogP contribution >= 0.6 is 12.2 Å². The monoisotopic (exact) mass is 368 g/mol. The van der Waals surface area contributed by atoms with E-state index in [9.17, 15) is 9.90 Å². The van der Waals surface area contributed by atoms with Gasteiger partial charge in [0.2, 0.25) is 0 Å². The molecule has 0 aliphatic rings. The molecule has 0 amide bonds. The van der Waals surface area contributed by atoms with E-state index in [1.54, 1.807) is 19.2 Å². The third-order valence-corrected chi connectivity index (χ3v) is 2.07. The molecule has 6 nitrogen and oxygen atoms in total. The van der Waals surface area contributed by atoms with Crippen LogP contribution in [0, 0.1) is 0 Å². The molecule has 0 unspecified atom stereocenters. The molecule has 121 valence electrons. The summed E-state index contributed by atoms with van der Waals surface area (Å²) in [6.45, 7) is 3.53. The fraction of sp³-hybridized carbons (Fsp3) is 0.286. The van der Waals surface area contributed by atoms with Crippen LogP contribution in [-0.4, -0.2) is 28.9 Å². The van der Waals surface area contributed by atoms with Crippen molar-refractivity contribution in [3.05, 3.63) is 46.8 Å². The zero-order chi connectivity index (χ0) is 16.1. The van der Waals surface area contributed by atoms with Gasteiger partial charge >= 0.3 is 23.0 Å². The van der Waals surface area contributed by atoms with E-state index in [0.717, 1.165) is 5.69 Å². The van der Waals surface area contributed by atoms with Crippen LogP contribution < -0.4 is 5.11 Å². The molecule has 0 bridgehead atoms. The third kappa shape index (κ3) is 9.96. The van der Waals surface area contributed by atoms with Gasteiger partial charge in [-0.05, 0) is 19.1 Å². The van der Waals surface area contributed by atoms with Crippen LogP contribution in [-0.2, 0) is 33.1 Å². The zero-order valence-corrected chi connectivity index (χ0v) is 13.8. The Balaban J connectivity index is 0. The minimum Gasteiger partial charge on any atom is -0.875 e. The summed E-state index contributed by atoms with van der Waals surface area (Å²) in [6.07, 6.45) is 2.90. The second-order valence-corrected chi connectivity index (χ2v) is 3.76. The molecule has 0 aliphatic heterocycles. The first-order valence-electron chi connectivity index (χ1n) is 6.02. The Labute approximate surface area is 145 Å². The summed E-state index contributed by atoms with van der Waals surface area (Å²) >= 11 is 3.70. The average Bonchev–Trinajstić information content (AvgIpc) is 2.45. The normalized spacial score (nSPS) is 10.5. The van der Waals surface area contributed by atoms with Crippen LogP contribution in [0.2, 0.25) is 0 Å². The first-order chi connectivity index (χ1) is 10.1. The van der Waals surface area contributed by atoms with Crippen molar-refractivity contribution in [1.29, 1.82) is 0 Å². The van der Waals surface area contributed by atoms with Gasteiger partial charge in [0.05, 0.1) is 24.4 Å². The number of nitrogens with zero attached hydrogens (tertiary/aromatic N) is 3. The molecule has 0 saturated carbocycles. The largest absolute Gasteiger partial charge is 2.00 e. The van der Waals surface area contributed by atoms with Gasteiger partial charge in [0.15, 0.2) is 0 Å². The summed E-state index contributed by atoms with van der Waals surface area (Å²) < 4.78 is 4.76. The molecular formula is C14H15CuN3O3S. The van der Waals surface area contributed by atoms with Gasteiger partial charge in [0.1, 0.15) is 0 Å². The Morgan fingerprint density at radius 2 is 2.23 bits per heavy atom. The number of aliphatic imine (C=N–C) groups is 1. The maximum absolute atomic E-state index is 11.4. The van der Waals surface area contributed by atoms with Gasteiger partial charge in [-0.1, -0.05) is 25.2 Å². The van der Waals surface area contributed by atoms with Gasteiger partial charge in [-0.15, -0.1) is 5.76 Å². The number of thiocarbonyl (C=S) groups is 1. The van der Waals surface area contributed by atoms with E-state index in [1.165, 1.54) is 18.3 Å². The van der Waals surface area contributed by atoms with E-state index in [4.69, 9.17) is 10.1 Å². The average molecular weight is 369 g/mol. The molecule has 1 aromatic rings. The van der Waals surface area contributed by atoms with Crippen molar-refractivity contribution in [3.63, 3.8) is 0 Å². The van der Waals surface area contributed by atoms with Crippen LogP contribution in [0.15, 0.2) is 40.7 Å². The smallest absolute Gasteiger partial charge is 0.875 e. The van der Waals surface area contributed by atoms with Crippen LogP contribution in [0.5, 0.6) is 0 Å². The van der Waals surface area contributed by atoms with Gasteiger partial charge in [-0.3, -0.25) is 9.98 Å². The predicted molar refractivity (Wildman–Crippen MR) is 81.7 cm³/mol. The van der Waals surface area contributed by atoms with Gasteiger partial charge < -0.3 is 15.3 Å². The predicted octanol–water partition coefficient (Wildman–Crippen LogP) is 1.51. The molecule has 0 aliphatic carbocycles. The van der Waals surface area contributed by atoms with Gasteiger partial charge in [-0.25, -0.2) is 4.79 Å². The van der Waals surface area contributed by atoms with Crippen molar-refractivity contribution in [2.45, 2.75) is 20.4 Å². The van der Waals surface area contributed by atoms with E-state index in [1.807, 2.05) is 12.1 Å². The van der Waals surface area contributed by atoms with Gasteiger partial charge in [-0.2, -0.15) is 5.16 Å². The Morgan fingerprint density at radius 3 is 2.68 bits per heavy atom. The van der Waals surface area contributed by atoms with Crippen LogP contribution in [0.25, 0.3) is 5.41 Å². The minimum absolute atomic E-state index is 0. The van der Waals surface area contributed by atoms with Crippen LogP contribution in [0.4, 0.5) is 0 Å². The molecule has 8 heteroatoms. The summed E-state index contributed by atoms with van der Waals surface area (Å²) in [5.41, 5.74) is 0.716. The molecule has 22 heavy (non-hydrogen) atoms. The van der Waals surface area contributed by atoms with Crippen molar-refractivity contribution in [2.24, 2.45) is 4.99 Å². The number of esters is 1. The van der Waals surface area contributed by atoms with E-state index >= 15 is 0 Å². The molecule has 0 atom stereocenters. The summed E-state index contributed by atoms with van der Waals surface area (Å²) in [5.74, 6) is -1.01. The number of isothiocyanates is 1. The molecule has 0 spiro atoms. The Morgan fingerprint density at radius 1 is 1.59 bits per heavy atom. The second-order valence-electron chi connectivity index (χ2n) is 3.57. The first-order valence-corrected chi connectivity index (χ1v) is 6.43. The SMILES string of the molecule is CCOC(=O)/C(C=NCc1ccccn1)=C(\C)[O-].[Cu+2].[N-]=C=S. The summed E-state index contributed by atoms with van der Waals surface area (Å²) in [5, 5.41) is 19.7. The molecule has 1 rings (SSSR count). The van der Waals surface area contributed by atoms with E-state index in [2.05, 4.69) is 22.2 Å². The summed E-state index contributed by atoms with van der Waals surface area (Å²) in [7, 11) is 0. The molecule has 1 aromatic heterocycles. The van der Waals surface area contributed by atoms with Crippen molar-refractivity contribution < 1.29 is 31.7 Å². The topological polar surface area (TPSA) is 96.9 Å². The number of carbonyl (C=O) groups excluding carboxylic acids is 1.